The van der Waals surface area contributed by atoms with Gasteiger partial charge in [0.25, 0.3) is 11.5 Å². The first-order valence-corrected chi connectivity index (χ1v) is 11.0. The number of hydrogen-bond donors (Lipinski definition) is 0. The number of hydrogen-bond acceptors (Lipinski definition) is 6. The van der Waals surface area contributed by atoms with E-state index in [4.69, 9.17) is 12.2 Å². The summed E-state index contributed by atoms with van der Waals surface area (Å²) in [7, 11) is 1.67. The summed E-state index contributed by atoms with van der Waals surface area (Å²) in [5.74, 6) is 1.07. The number of nitrogens with zero attached hydrogens (tertiary/aromatic N) is 4. The number of carbonyl (C=O) groups is 1. The lowest BCUT2D eigenvalue weighted by Gasteiger charge is -2.27. The topological polar surface area (TPSA) is 69.3 Å². The maximum atomic E-state index is 13.0. The molecular formula is C21H28N4O2S2. The third-order valence-electron chi connectivity index (χ3n) is 5.11. The highest BCUT2D eigenvalue weighted by molar-refractivity contribution is 8.26. The molecule has 0 saturated carbocycles. The average Bonchev–Trinajstić information content (AvgIpc) is 2.94. The molecule has 0 atom stereocenters. The van der Waals surface area contributed by atoms with Crippen LogP contribution in [0.25, 0.3) is 6.08 Å². The van der Waals surface area contributed by atoms with Gasteiger partial charge >= 0.3 is 0 Å². The summed E-state index contributed by atoms with van der Waals surface area (Å²) in [5, 5.41) is 9.51. The van der Waals surface area contributed by atoms with Crippen molar-refractivity contribution in [1.29, 1.82) is 5.26 Å². The zero-order chi connectivity index (χ0) is 21.9. The fourth-order valence-corrected chi connectivity index (χ4v) is 4.62. The van der Waals surface area contributed by atoms with E-state index in [2.05, 4.69) is 18.7 Å². The Bertz CT molecular complexity index is 953. The van der Waals surface area contributed by atoms with Crippen molar-refractivity contribution in [3.05, 3.63) is 31.9 Å². The number of amides is 1. The van der Waals surface area contributed by atoms with Crippen LogP contribution in [0.15, 0.2) is 9.70 Å². The van der Waals surface area contributed by atoms with E-state index in [0.29, 0.717) is 46.2 Å². The van der Waals surface area contributed by atoms with Crippen LogP contribution in [0.5, 0.6) is 0 Å². The van der Waals surface area contributed by atoms with Crippen LogP contribution in [0.3, 0.4) is 0 Å². The molecule has 1 saturated heterocycles. The van der Waals surface area contributed by atoms with E-state index >= 15 is 0 Å². The quantitative estimate of drug-likeness (QED) is 0.484. The van der Waals surface area contributed by atoms with Gasteiger partial charge in [-0.25, -0.2) is 0 Å². The van der Waals surface area contributed by atoms with Crippen molar-refractivity contribution in [2.45, 2.75) is 41.0 Å². The standard InChI is InChI=1S/C21H28N4O2S2/c1-7-24(8-2)18-15(14(5)16(12-22)19(26)23(18)6)11-17-20(27)25(21(28)29-17)10-9-13(3)4/h11,13H,7-10H2,1-6H3/b17-11-. The monoisotopic (exact) mass is 432 g/mol. The van der Waals surface area contributed by atoms with Crippen LogP contribution >= 0.6 is 24.0 Å². The van der Waals surface area contributed by atoms with E-state index in [1.54, 1.807) is 24.9 Å². The summed E-state index contributed by atoms with van der Waals surface area (Å²) in [5.41, 5.74) is 1.08. The van der Waals surface area contributed by atoms with Gasteiger partial charge < -0.3 is 4.90 Å². The number of pyridine rings is 1. The second-order valence-corrected chi connectivity index (χ2v) is 9.08. The Morgan fingerprint density at radius 1 is 1.28 bits per heavy atom. The minimum absolute atomic E-state index is 0.102. The Kier molecular flexibility index (Phi) is 7.66. The molecule has 2 heterocycles. The van der Waals surface area contributed by atoms with Crippen LogP contribution in [0.4, 0.5) is 5.82 Å². The fraction of sp³-hybridized carbons (Fsp3) is 0.524. The molecule has 156 valence electrons. The highest BCUT2D eigenvalue weighted by atomic mass is 32.2. The van der Waals surface area contributed by atoms with Crippen LogP contribution in [0.2, 0.25) is 0 Å². The largest absolute Gasteiger partial charge is 0.358 e. The predicted molar refractivity (Wildman–Crippen MR) is 124 cm³/mol. The molecule has 2 rings (SSSR count). The molecule has 0 aliphatic carbocycles. The summed E-state index contributed by atoms with van der Waals surface area (Å²) in [6.07, 6.45) is 2.67. The van der Waals surface area contributed by atoms with Crippen molar-refractivity contribution >= 4 is 46.1 Å². The van der Waals surface area contributed by atoms with Gasteiger partial charge in [0, 0.05) is 32.2 Å². The average molecular weight is 433 g/mol. The van der Waals surface area contributed by atoms with Crippen molar-refractivity contribution < 1.29 is 4.79 Å². The van der Waals surface area contributed by atoms with Gasteiger partial charge in [-0.15, -0.1) is 0 Å². The molecule has 0 aromatic carbocycles. The van der Waals surface area contributed by atoms with Crippen molar-refractivity contribution in [1.82, 2.24) is 9.47 Å². The zero-order valence-corrected chi connectivity index (χ0v) is 19.5. The van der Waals surface area contributed by atoms with Crippen molar-refractivity contribution in [3.63, 3.8) is 0 Å². The summed E-state index contributed by atoms with van der Waals surface area (Å²) in [6, 6.07) is 2.02. The lowest BCUT2D eigenvalue weighted by atomic mass is 10.0. The molecule has 1 fully saturated rings. The van der Waals surface area contributed by atoms with Crippen LogP contribution in [-0.4, -0.2) is 39.3 Å². The molecule has 0 radical (unpaired) electrons. The number of aromatic nitrogens is 1. The van der Waals surface area contributed by atoms with Crippen LogP contribution < -0.4 is 10.5 Å². The SMILES string of the molecule is CCN(CC)c1c(/C=C2\SC(=S)N(CCC(C)C)C2=O)c(C)c(C#N)c(=O)n1C. The number of thioether (sulfide) groups is 1. The highest BCUT2D eigenvalue weighted by Crippen LogP contribution is 2.35. The molecule has 1 aromatic heterocycles. The van der Waals surface area contributed by atoms with E-state index in [0.717, 1.165) is 12.0 Å². The Hall–Kier alpha value is -2.11. The molecule has 0 unspecified atom stereocenters. The maximum Gasteiger partial charge on any atom is 0.270 e. The maximum absolute atomic E-state index is 13.0. The number of nitriles is 1. The normalized spacial score (nSPS) is 15.5. The first kappa shape index (κ1) is 23.2. The summed E-state index contributed by atoms with van der Waals surface area (Å²) in [4.78, 5) is 29.9. The third-order valence-corrected chi connectivity index (χ3v) is 6.49. The number of anilines is 1. The van der Waals surface area contributed by atoms with Gasteiger partial charge in [0.15, 0.2) is 0 Å². The molecule has 6 nitrogen and oxygen atoms in total. The van der Waals surface area contributed by atoms with Gasteiger partial charge in [-0.05, 0) is 44.7 Å². The number of thiocarbonyl (C=S) groups is 1. The smallest absolute Gasteiger partial charge is 0.270 e. The Morgan fingerprint density at radius 3 is 2.41 bits per heavy atom. The number of carbonyl (C=O) groups excluding carboxylic acids is 1. The van der Waals surface area contributed by atoms with E-state index in [1.165, 1.54) is 16.3 Å². The van der Waals surface area contributed by atoms with Crippen LogP contribution in [0.1, 0.15) is 50.8 Å². The lowest BCUT2D eigenvalue weighted by Crippen LogP contribution is -2.33. The Labute approximate surface area is 182 Å². The predicted octanol–water partition coefficient (Wildman–Crippen LogP) is 3.66. The van der Waals surface area contributed by atoms with E-state index in [-0.39, 0.29) is 17.0 Å². The molecule has 1 aliphatic rings. The minimum atomic E-state index is -0.325. The molecule has 29 heavy (non-hydrogen) atoms. The summed E-state index contributed by atoms with van der Waals surface area (Å²) < 4.78 is 2.05. The van der Waals surface area contributed by atoms with Gasteiger partial charge in [-0.1, -0.05) is 37.8 Å². The Balaban J connectivity index is 2.64. The molecule has 0 bridgehead atoms. The zero-order valence-electron chi connectivity index (χ0n) is 17.9. The van der Waals surface area contributed by atoms with E-state index < -0.39 is 0 Å². The molecule has 1 aliphatic heterocycles. The summed E-state index contributed by atoms with van der Waals surface area (Å²) in [6.45, 7) is 12.0. The van der Waals surface area contributed by atoms with E-state index in [1.807, 2.05) is 19.9 Å². The van der Waals surface area contributed by atoms with Crippen molar-refractivity contribution in [2.24, 2.45) is 13.0 Å². The third kappa shape index (κ3) is 4.57. The molecular weight excluding hydrogens is 404 g/mol. The molecule has 0 spiro atoms. The second kappa shape index (κ2) is 9.59. The van der Waals surface area contributed by atoms with Gasteiger partial charge in [-0.3, -0.25) is 19.1 Å². The van der Waals surface area contributed by atoms with Gasteiger partial charge in [0.05, 0.1) is 4.91 Å². The van der Waals surface area contributed by atoms with Crippen LogP contribution in [0, 0.1) is 24.2 Å². The highest BCUT2D eigenvalue weighted by Gasteiger charge is 2.32. The second-order valence-electron chi connectivity index (χ2n) is 7.40. The fourth-order valence-electron chi connectivity index (χ4n) is 3.33. The first-order valence-electron chi connectivity index (χ1n) is 9.81. The van der Waals surface area contributed by atoms with Crippen molar-refractivity contribution in [2.75, 3.05) is 24.5 Å². The van der Waals surface area contributed by atoms with Crippen molar-refractivity contribution in [3.8, 4) is 6.07 Å². The minimum Gasteiger partial charge on any atom is -0.358 e. The van der Waals surface area contributed by atoms with Gasteiger partial charge in [-0.2, -0.15) is 5.26 Å². The Morgan fingerprint density at radius 2 is 1.90 bits per heavy atom. The molecule has 1 amide bonds. The molecule has 0 N–H and O–H groups in total. The lowest BCUT2D eigenvalue weighted by molar-refractivity contribution is -0.122. The molecule has 8 heteroatoms. The van der Waals surface area contributed by atoms with E-state index in [9.17, 15) is 14.9 Å². The van der Waals surface area contributed by atoms with Gasteiger partial charge in [0.2, 0.25) is 0 Å². The molecule has 1 aromatic rings. The first-order chi connectivity index (χ1) is 13.7. The van der Waals surface area contributed by atoms with Crippen LogP contribution in [-0.2, 0) is 11.8 Å². The summed E-state index contributed by atoms with van der Waals surface area (Å²) >= 11 is 6.71. The number of rotatable bonds is 7. The van der Waals surface area contributed by atoms with Gasteiger partial charge in [0.1, 0.15) is 21.8 Å².